The van der Waals surface area contributed by atoms with E-state index in [1.54, 1.807) is 4.90 Å². The molecule has 11 nitrogen and oxygen atoms in total. The summed E-state index contributed by atoms with van der Waals surface area (Å²) in [5.74, 6) is -0.487. The SMILES string of the molecule is Nc1ncc(-c2cc(N3C(=O)OC(Cc4ccccc4)C3CO)nc(N3CCOCC3)n2)c(C(F)(F)F)n1. The van der Waals surface area contributed by atoms with E-state index in [0.29, 0.717) is 32.7 Å². The van der Waals surface area contributed by atoms with E-state index in [0.717, 1.165) is 16.7 Å². The number of morpholine rings is 1. The number of rotatable bonds is 6. The van der Waals surface area contributed by atoms with Crippen LogP contribution in [-0.2, 0) is 22.1 Å². The highest BCUT2D eigenvalue weighted by molar-refractivity contribution is 5.90. The number of anilines is 3. The molecule has 2 fully saturated rings. The van der Waals surface area contributed by atoms with Crippen molar-refractivity contribution < 1.29 is 32.5 Å². The highest BCUT2D eigenvalue weighted by Gasteiger charge is 2.44. The minimum atomic E-state index is -4.85. The lowest BCUT2D eigenvalue weighted by Gasteiger charge is -2.29. The molecule has 0 bridgehead atoms. The molecule has 1 amide bonds. The van der Waals surface area contributed by atoms with Crippen LogP contribution in [0.1, 0.15) is 11.3 Å². The second-order valence-corrected chi connectivity index (χ2v) is 8.73. The number of halogens is 3. The lowest BCUT2D eigenvalue weighted by Crippen LogP contribution is -2.42. The summed E-state index contributed by atoms with van der Waals surface area (Å²) in [6, 6.07) is 9.65. The largest absolute Gasteiger partial charge is 0.443 e. The molecule has 4 heterocycles. The van der Waals surface area contributed by atoms with Gasteiger partial charge in [-0.3, -0.25) is 4.90 Å². The summed E-state index contributed by atoms with van der Waals surface area (Å²) in [5, 5.41) is 10.2. The Bertz CT molecular complexity index is 1310. The molecule has 0 saturated carbocycles. The number of benzene rings is 1. The van der Waals surface area contributed by atoms with Crippen LogP contribution in [0.15, 0.2) is 42.6 Å². The van der Waals surface area contributed by atoms with Crippen molar-refractivity contribution in [3.63, 3.8) is 0 Å². The Morgan fingerprint density at radius 1 is 1.11 bits per heavy atom. The molecular formula is C24H24F3N7O4. The molecule has 0 aliphatic carbocycles. The Hall–Kier alpha value is -4.04. The monoisotopic (exact) mass is 531 g/mol. The molecule has 200 valence electrons. The first-order valence-electron chi connectivity index (χ1n) is 11.8. The van der Waals surface area contributed by atoms with Gasteiger partial charge in [0.25, 0.3) is 0 Å². The van der Waals surface area contributed by atoms with Crippen molar-refractivity contribution in [2.24, 2.45) is 0 Å². The van der Waals surface area contributed by atoms with E-state index in [9.17, 15) is 23.1 Å². The predicted molar refractivity (Wildman–Crippen MR) is 129 cm³/mol. The van der Waals surface area contributed by atoms with Crippen molar-refractivity contribution in [3.05, 3.63) is 53.9 Å². The topological polar surface area (TPSA) is 140 Å². The van der Waals surface area contributed by atoms with Gasteiger partial charge in [0.1, 0.15) is 18.0 Å². The number of cyclic esters (lactones) is 1. The summed E-state index contributed by atoms with van der Waals surface area (Å²) in [5.41, 5.74) is 4.45. The van der Waals surface area contributed by atoms with Gasteiger partial charge in [-0.1, -0.05) is 30.3 Å². The average Bonchev–Trinajstić information content (AvgIpc) is 3.23. The van der Waals surface area contributed by atoms with Gasteiger partial charge >= 0.3 is 12.3 Å². The van der Waals surface area contributed by atoms with Crippen molar-refractivity contribution >= 4 is 23.8 Å². The maximum Gasteiger partial charge on any atom is 0.434 e. The number of amides is 1. The van der Waals surface area contributed by atoms with Gasteiger partial charge < -0.3 is 25.2 Å². The third kappa shape index (κ3) is 5.17. The number of hydrogen-bond donors (Lipinski definition) is 2. The van der Waals surface area contributed by atoms with Crippen LogP contribution in [0.2, 0.25) is 0 Å². The second kappa shape index (κ2) is 10.4. The van der Waals surface area contributed by atoms with Gasteiger partial charge in [0, 0.05) is 37.3 Å². The lowest BCUT2D eigenvalue weighted by atomic mass is 10.0. The zero-order valence-corrected chi connectivity index (χ0v) is 20.0. The zero-order chi connectivity index (χ0) is 26.9. The fourth-order valence-electron chi connectivity index (χ4n) is 4.44. The Morgan fingerprint density at radius 2 is 1.84 bits per heavy atom. The summed E-state index contributed by atoms with van der Waals surface area (Å²) >= 11 is 0. The van der Waals surface area contributed by atoms with Crippen LogP contribution in [0.4, 0.5) is 35.7 Å². The molecule has 2 aromatic heterocycles. The highest BCUT2D eigenvalue weighted by Crippen LogP contribution is 2.37. The van der Waals surface area contributed by atoms with Crippen LogP contribution in [-0.4, -0.2) is 76.2 Å². The molecule has 2 aliphatic heterocycles. The number of aliphatic hydroxyl groups excluding tert-OH is 1. The first-order chi connectivity index (χ1) is 18.2. The Morgan fingerprint density at radius 3 is 2.53 bits per heavy atom. The van der Waals surface area contributed by atoms with Gasteiger partial charge in [-0.15, -0.1) is 0 Å². The number of carbonyl (C=O) groups excluding carboxylic acids is 1. The lowest BCUT2D eigenvalue weighted by molar-refractivity contribution is -0.140. The predicted octanol–water partition coefficient (Wildman–Crippen LogP) is 2.30. The Balaban J connectivity index is 1.59. The normalized spacial score (nSPS) is 20.1. The summed E-state index contributed by atoms with van der Waals surface area (Å²) in [4.78, 5) is 31.9. The van der Waals surface area contributed by atoms with Gasteiger partial charge in [-0.05, 0) is 5.56 Å². The van der Waals surface area contributed by atoms with Gasteiger partial charge in [0.2, 0.25) is 11.9 Å². The van der Waals surface area contributed by atoms with Crippen LogP contribution >= 0.6 is 0 Å². The van der Waals surface area contributed by atoms with Crippen LogP contribution in [0, 0.1) is 0 Å². The average molecular weight is 531 g/mol. The molecule has 38 heavy (non-hydrogen) atoms. The molecule has 2 aliphatic rings. The second-order valence-electron chi connectivity index (χ2n) is 8.73. The van der Waals surface area contributed by atoms with Gasteiger partial charge in [0.15, 0.2) is 5.69 Å². The van der Waals surface area contributed by atoms with Crippen molar-refractivity contribution in [3.8, 4) is 11.3 Å². The highest BCUT2D eigenvalue weighted by atomic mass is 19.4. The van der Waals surface area contributed by atoms with E-state index in [2.05, 4.69) is 19.9 Å². The van der Waals surface area contributed by atoms with Crippen LogP contribution in [0.5, 0.6) is 0 Å². The maximum absolute atomic E-state index is 13.9. The van der Waals surface area contributed by atoms with Crippen molar-refractivity contribution in [2.45, 2.75) is 24.7 Å². The number of ether oxygens (including phenoxy) is 2. The molecule has 2 atom stereocenters. The summed E-state index contributed by atoms with van der Waals surface area (Å²) in [7, 11) is 0. The molecule has 2 saturated heterocycles. The number of nitrogens with zero attached hydrogens (tertiary/aromatic N) is 6. The smallest absolute Gasteiger partial charge is 0.434 e. The Labute approximate surface area is 215 Å². The Kier molecular flexibility index (Phi) is 6.99. The molecule has 0 spiro atoms. The number of nitrogens with two attached hydrogens (primary N) is 1. The van der Waals surface area contributed by atoms with E-state index in [1.165, 1.54) is 6.07 Å². The van der Waals surface area contributed by atoms with Crippen molar-refractivity contribution in [2.75, 3.05) is 48.4 Å². The number of hydrogen-bond acceptors (Lipinski definition) is 10. The van der Waals surface area contributed by atoms with E-state index in [4.69, 9.17) is 15.2 Å². The minimum Gasteiger partial charge on any atom is -0.443 e. The molecule has 14 heteroatoms. The molecule has 2 unspecified atom stereocenters. The number of aromatic nitrogens is 4. The summed E-state index contributed by atoms with van der Waals surface area (Å²) in [6.07, 6.45) is -5.09. The van der Waals surface area contributed by atoms with Crippen molar-refractivity contribution in [1.29, 1.82) is 0 Å². The maximum atomic E-state index is 13.9. The van der Waals surface area contributed by atoms with Crippen molar-refractivity contribution in [1.82, 2.24) is 19.9 Å². The third-order valence-corrected chi connectivity index (χ3v) is 6.27. The van der Waals surface area contributed by atoms with E-state index in [1.807, 2.05) is 30.3 Å². The number of carbonyl (C=O) groups is 1. The van der Waals surface area contributed by atoms with Gasteiger partial charge in [-0.25, -0.2) is 19.7 Å². The fourth-order valence-corrected chi connectivity index (χ4v) is 4.44. The third-order valence-electron chi connectivity index (χ3n) is 6.27. The molecule has 5 rings (SSSR count). The molecule has 1 aromatic carbocycles. The summed E-state index contributed by atoms with van der Waals surface area (Å²) < 4.78 is 52.6. The van der Waals surface area contributed by atoms with E-state index in [-0.39, 0.29) is 17.5 Å². The first kappa shape index (κ1) is 25.6. The van der Waals surface area contributed by atoms with E-state index < -0.39 is 48.2 Å². The van der Waals surface area contributed by atoms with Gasteiger partial charge in [-0.2, -0.15) is 18.2 Å². The fraction of sp³-hybridized carbons (Fsp3) is 0.375. The minimum absolute atomic E-state index is 0.0268. The first-order valence-corrected chi connectivity index (χ1v) is 11.8. The standard InChI is InChI=1S/C24H24F3N7O4/c25-24(26,27)20-15(12-29-21(28)32-20)16-11-19(31-22(30-16)33-6-8-37-9-7-33)34-17(13-35)18(38-23(34)36)10-14-4-2-1-3-5-14/h1-5,11-12,17-18,35H,6-10,13H2,(H2,28,29,32). The van der Waals surface area contributed by atoms with Crippen LogP contribution in [0.3, 0.4) is 0 Å². The summed E-state index contributed by atoms with van der Waals surface area (Å²) in [6.45, 7) is 1.04. The van der Waals surface area contributed by atoms with Crippen LogP contribution in [0.25, 0.3) is 11.3 Å². The van der Waals surface area contributed by atoms with Gasteiger partial charge in [0.05, 0.1) is 25.5 Å². The molecular weight excluding hydrogens is 507 g/mol. The molecule has 3 aromatic rings. The zero-order valence-electron chi connectivity index (χ0n) is 20.0. The van der Waals surface area contributed by atoms with E-state index >= 15 is 0 Å². The number of alkyl halides is 3. The number of aliphatic hydroxyl groups is 1. The number of nitrogen functional groups attached to an aromatic ring is 1. The van der Waals surface area contributed by atoms with Crippen LogP contribution < -0.4 is 15.5 Å². The molecule has 0 radical (unpaired) electrons. The quantitative estimate of drug-likeness (QED) is 0.487. The molecule has 3 N–H and O–H groups in total.